The zero-order valence-electron chi connectivity index (χ0n) is 12.9. The Labute approximate surface area is 155 Å². The van der Waals surface area contributed by atoms with Gasteiger partial charge < -0.3 is 0 Å². The lowest BCUT2D eigenvalue weighted by molar-refractivity contribution is -0.141. The van der Waals surface area contributed by atoms with E-state index >= 15 is 0 Å². The number of nitrogens with zero attached hydrogens (tertiary/aromatic N) is 2. The summed E-state index contributed by atoms with van der Waals surface area (Å²) in [5.41, 5.74) is -0.873. The first-order chi connectivity index (χ1) is 12.2. The summed E-state index contributed by atoms with van der Waals surface area (Å²) in [5, 5.41) is 3.38. The molecule has 3 rings (SSSR count). The maximum atomic E-state index is 13.1. The van der Waals surface area contributed by atoms with Gasteiger partial charge in [-0.1, -0.05) is 46.3 Å². The molecule has 0 fully saturated rings. The van der Waals surface area contributed by atoms with E-state index in [0.717, 1.165) is 10.5 Å². The Hall–Kier alpha value is -2.33. The molecule has 0 radical (unpaired) electrons. The van der Waals surface area contributed by atoms with Gasteiger partial charge in [0.25, 0.3) is 10.0 Å². The van der Waals surface area contributed by atoms with Gasteiger partial charge in [-0.25, -0.2) is 0 Å². The van der Waals surface area contributed by atoms with Gasteiger partial charge in [0.2, 0.25) is 0 Å². The van der Waals surface area contributed by atoms with Crippen molar-refractivity contribution in [3.63, 3.8) is 0 Å². The van der Waals surface area contributed by atoms with Gasteiger partial charge in [-0.05, 0) is 30.3 Å². The number of aromatic nitrogens is 2. The van der Waals surface area contributed by atoms with Crippen molar-refractivity contribution < 1.29 is 21.6 Å². The second kappa shape index (κ2) is 6.76. The molecular formula is C16H11BrF3N3O2S. The number of nitrogens with one attached hydrogen (secondary N) is 1. The molecule has 2 aromatic carbocycles. The summed E-state index contributed by atoms with van der Waals surface area (Å²) in [4.78, 5) is 2.60. The highest BCUT2D eigenvalue weighted by Crippen LogP contribution is 2.32. The summed E-state index contributed by atoms with van der Waals surface area (Å²) in [7, 11) is -4.11. The van der Waals surface area contributed by atoms with Crippen molar-refractivity contribution in [3.8, 4) is 11.3 Å². The van der Waals surface area contributed by atoms with E-state index in [-0.39, 0.29) is 10.6 Å². The van der Waals surface area contributed by atoms with Gasteiger partial charge in [-0.15, -0.1) is 5.10 Å². The molecule has 3 aromatic rings. The van der Waals surface area contributed by atoms with Crippen molar-refractivity contribution in [1.82, 2.24) is 9.89 Å². The van der Waals surface area contributed by atoms with Crippen molar-refractivity contribution in [2.75, 3.05) is 4.83 Å². The average Bonchev–Trinajstić information content (AvgIpc) is 3.00. The Morgan fingerprint density at radius 2 is 1.62 bits per heavy atom. The minimum Gasteiger partial charge on any atom is -0.200 e. The third-order valence-electron chi connectivity index (χ3n) is 3.40. The lowest BCUT2D eigenvalue weighted by Gasteiger charge is -2.11. The summed E-state index contributed by atoms with van der Waals surface area (Å²) >= 11 is 3.24. The fraction of sp³-hybridized carbons (Fsp3) is 0.0625. The summed E-state index contributed by atoms with van der Waals surface area (Å²) < 4.78 is 64.8. The van der Waals surface area contributed by atoms with Crippen LogP contribution >= 0.6 is 15.9 Å². The summed E-state index contributed by atoms with van der Waals surface area (Å²) in [5.74, 6) is 0. The van der Waals surface area contributed by atoms with Gasteiger partial charge >= 0.3 is 6.18 Å². The first kappa shape index (κ1) is 18.5. The second-order valence-corrected chi connectivity index (χ2v) is 7.82. The summed E-state index contributed by atoms with van der Waals surface area (Å²) in [6.45, 7) is 0. The van der Waals surface area contributed by atoms with E-state index in [9.17, 15) is 21.6 Å². The highest BCUT2D eigenvalue weighted by molar-refractivity contribution is 9.10. The Morgan fingerprint density at radius 1 is 1.00 bits per heavy atom. The van der Waals surface area contributed by atoms with Crippen molar-refractivity contribution in [2.45, 2.75) is 11.1 Å². The van der Waals surface area contributed by atoms with Crippen LogP contribution in [-0.2, 0) is 16.2 Å². The molecule has 5 nitrogen and oxygen atoms in total. The first-order valence-corrected chi connectivity index (χ1v) is 9.45. The largest absolute Gasteiger partial charge is 0.435 e. The van der Waals surface area contributed by atoms with Gasteiger partial charge in [-0.2, -0.15) is 31.2 Å². The highest BCUT2D eigenvalue weighted by Gasteiger charge is 2.35. The molecule has 10 heteroatoms. The van der Waals surface area contributed by atoms with E-state index < -0.39 is 21.9 Å². The van der Waals surface area contributed by atoms with Crippen LogP contribution in [0.25, 0.3) is 11.3 Å². The number of halogens is 4. The molecule has 0 saturated heterocycles. The predicted molar refractivity (Wildman–Crippen MR) is 93.4 cm³/mol. The summed E-state index contributed by atoms with van der Waals surface area (Å²) in [6, 6.07) is 14.5. The van der Waals surface area contributed by atoms with Crippen LogP contribution in [0.5, 0.6) is 0 Å². The molecule has 0 saturated carbocycles. The van der Waals surface area contributed by atoms with Gasteiger partial charge in [0, 0.05) is 10.0 Å². The number of benzene rings is 2. The minimum atomic E-state index is -4.71. The topological polar surface area (TPSA) is 64.0 Å². The fourth-order valence-electron chi connectivity index (χ4n) is 2.18. The Balaban J connectivity index is 2.08. The van der Waals surface area contributed by atoms with E-state index in [1.807, 2.05) is 0 Å². The number of hydrogen-bond acceptors (Lipinski definition) is 3. The SMILES string of the molecule is O=S(=O)(Nn1nc(C(F)(F)F)cc1-c1ccc(Br)cc1)c1ccccc1. The van der Waals surface area contributed by atoms with Crippen LogP contribution in [-0.4, -0.2) is 18.3 Å². The molecule has 0 amide bonds. The van der Waals surface area contributed by atoms with Crippen LogP contribution in [0.1, 0.15) is 5.69 Å². The van der Waals surface area contributed by atoms with Crippen LogP contribution in [0.2, 0.25) is 0 Å². The molecular weight excluding hydrogens is 435 g/mol. The molecule has 0 unspecified atom stereocenters. The van der Waals surface area contributed by atoms with Crippen molar-refractivity contribution in [3.05, 3.63) is 70.8 Å². The molecule has 0 atom stereocenters. The zero-order chi connectivity index (χ0) is 18.9. The maximum absolute atomic E-state index is 13.1. The molecule has 0 aliphatic heterocycles. The molecule has 0 aliphatic carbocycles. The third kappa shape index (κ3) is 3.91. The number of rotatable bonds is 4. The lowest BCUT2D eigenvalue weighted by Crippen LogP contribution is -2.25. The summed E-state index contributed by atoms with van der Waals surface area (Å²) in [6.07, 6.45) is -4.71. The van der Waals surface area contributed by atoms with Crippen molar-refractivity contribution >= 4 is 26.0 Å². The molecule has 136 valence electrons. The maximum Gasteiger partial charge on any atom is 0.435 e. The number of alkyl halides is 3. The van der Waals surface area contributed by atoms with Crippen LogP contribution in [0, 0.1) is 0 Å². The Morgan fingerprint density at radius 3 is 2.19 bits per heavy atom. The third-order valence-corrected chi connectivity index (χ3v) is 5.23. The van der Waals surface area contributed by atoms with E-state index in [1.165, 1.54) is 24.3 Å². The zero-order valence-corrected chi connectivity index (χ0v) is 15.3. The van der Waals surface area contributed by atoms with Crippen LogP contribution < -0.4 is 4.83 Å². The Bertz CT molecular complexity index is 1020. The van der Waals surface area contributed by atoms with Gasteiger partial charge in [0.1, 0.15) is 0 Å². The minimum absolute atomic E-state index is 0.0377. The molecule has 0 aliphatic rings. The van der Waals surface area contributed by atoms with Gasteiger partial charge in [0.15, 0.2) is 5.69 Å². The number of hydrogen-bond donors (Lipinski definition) is 1. The molecule has 1 aromatic heterocycles. The van der Waals surface area contributed by atoms with Crippen LogP contribution in [0.15, 0.2) is 70.0 Å². The van der Waals surface area contributed by atoms with E-state index in [1.54, 1.807) is 30.3 Å². The molecule has 1 heterocycles. The Kier molecular flexibility index (Phi) is 4.80. The standard InChI is InChI=1S/C16H11BrF3N3O2S/c17-12-8-6-11(7-9-12)14-10-15(16(18,19)20)21-23(14)22-26(24,25)13-4-2-1-3-5-13/h1-10,22H. The fourth-order valence-corrected chi connectivity index (χ4v) is 3.43. The number of sulfonamides is 1. The monoisotopic (exact) mass is 445 g/mol. The predicted octanol–water partition coefficient (Wildman–Crippen LogP) is 4.26. The van der Waals surface area contributed by atoms with Gasteiger partial charge in [-0.3, -0.25) is 0 Å². The van der Waals surface area contributed by atoms with E-state index in [4.69, 9.17) is 0 Å². The van der Waals surface area contributed by atoms with Crippen molar-refractivity contribution in [2.24, 2.45) is 0 Å². The average molecular weight is 446 g/mol. The van der Waals surface area contributed by atoms with E-state index in [0.29, 0.717) is 10.4 Å². The normalized spacial score (nSPS) is 12.2. The van der Waals surface area contributed by atoms with Crippen molar-refractivity contribution in [1.29, 1.82) is 0 Å². The molecule has 26 heavy (non-hydrogen) atoms. The quantitative estimate of drug-likeness (QED) is 0.652. The molecule has 1 N–H and O–H groups in total. The first-order valence-electron chi connectivity index (χ1n) is 7.18. The second-order valence-electron chi connectivity index (χ2n) is 5.24. The molecule has 0 bridgehead atoms. The highest BCUT2D eigenvalue weighted by atomic mass is 79.9. The van der Waals surface area contributed by atoms with Crippen LogP contribution in [0.4, 0.5) is 13.2 Å². The van der Waals surface area contributed by atoms with Crippen LogP contribution in [0.3, 0.4) is 0 Å². The molecule has 0 spiro atoms. The smallest absolute Gasteiger partial charge is 0.200 e. The lowest BCUT2D eigenvalue weighted by atomic mass is 10.1. The van der Waals surface area contributed by atoms with Gasteiger partial charge in [0.05, 0.1) is 10.6 Å². The van der Waals surface area contributed by atoms with E-state index in [2.05, 4.69) is 25.9 Å².